The van der Waals surface area contributed by atoms with Crippen LogP contribution >= 0.6 is 0 Å². The summed E-state index contributed by atoms with van der Waals surface area (Å²) in [6.45, 7) is 2.15. The van der Waals surface area contributed by atoms with Gasteiger partial charge < -0.3 is 4.90 Å². The van der Waals surface area contributed by atoms with E-state index in [-0.39, 0.29) is 5.91 Å². The number of carbonyl (C=O) groups is 1. The van der Waals surface area contributed by atoms with Crippen molar-refractivity contribution >= 4 is 16.9 Å². The molecule has 0 aliphatic rings. The molecule has 0 saturated carbocycles. The van der Waals surface area contributed by atoms with E-state index in [9.17, 15) is 4.79 Å². The van der Waals surface area contributed by atoms with Gasteiger partial charge in [0.05, 0.1) is 17.6 Å². The fraction of sp³-hybridized carbons (Fsp3) is 0.214. The molecule has 0 radical (unpaired) electrons. The molecule has 3 rings (SSSR count). The van der Waals surface area contributed by atoms with Crippen LogP contribution < -0.4 is 0 Å². The van der Waals surface area contributed by atoms with Crippen LogP contribution in [-0.2, 0) is 6.54 Å². The number of hydrogen-bond acceptors (Lipinski definition) is 5. The van der Waals surface area contributed by atoms with Gasteiger partial charge in [0, 0.05) is 19.4 Å². The van der Waals surface area contributed by atoms with E-state index < -0.39 is 0 Å². The Labute approximate surface area is 121 Å². The number of amides is 1. The van der Waals surface area contributed by atoms with E-state index in [1.165, 1.54) is 0 Å². The van der Waals surface area contributed by atoms with E-state index in [0.717, 1.165) is 5.82 Å². The van der Waals surface area contributed by atoms with E-state index in [0.29, 0.717) is 29.0 Å². The van der Waals surface area contributed by atoms with Crippen molar-refractivity contribution in [1.82, 2.24) is 30.0 Å². The van der Waals surface area contributed by atoms with Crippen molar-refractivity contribution in [3.8, 4) is 0 Å². The van der Waals surface area contributed by atoms with Gasteiger partial charge in [-0.1, -0.05) is 6.07 Å². The number of rotatable bonds is 3. The first kappa shape index (κ1) is 13.2. The van der Waals surface area contributed by atoms with Gasteiger partial charge in [0.1, 0.15) is 11.3 Å². The van der Waals surface area contributed by atoms with Crippen LogP contribution in [0.5, 0.6) is 0 Å². The second-order valence-corrected chi connectivity index (χ2v) is 4.73. The molecule has 2 heterocycles. The molecular formula is C14H14N6O. The Balaban J connectivity index is 1.89. The Morgan fingerprint density at radius 1 is 1.29 bits per heavy atom. The maximum atomic E-state index is 12.6. The highest BCUT2D eigenvalue weighted by Gasteiger charge is 2.17. The van der Waals surface area contributed by atoms with Crippen molar-refractivity contribution in [2.75, 3.05) is 7.05 Å². The van der Waals surface area contributed by atoms with Crippen LogP contribution in [0.1, 0.15) is 22.0 Å². The molecule has 7 heteroatoms. The Kier molecular flexibility index (Phi) is 3.31. The Bertz CT molecular complexity index is 792. The lowest BCUT2D eigenvalue weighted by Crippen LogP contribution is -2.27. The molecule has 3 aromatic rings. The molecule has 0 atom stereocenters. The maximum Gasteiger partial charge on any atom is 0.256 e. The smallest absolute Gasteiger partial charge is 0.256 e. The fourth-order valence-electron chi connectivity index (χ4n) is 2.11. The number of fused-ring (bicyclic) bond motifs is 1. The van der Waals surface area contributed by atoms with Gasteiger partial charge in [-0.25, -0.2) is 4.98 Å². The van der Waals surface area contributed by atoms with Gasteiger partial charge in [0.25, 0.3) is 5.91 Å². The summed E-state index contributed by atoms with van der Waals surface area (Å²) in [4.78, 5) is 26.8. The van der Waals surface area contributed by atoms with Crippen molar-refractivity contribution in [2.45, 2.75) is 13.5 Å². The predicted octanol–water partition coefficient (Wildman–Crippen LogP) is 1.33. The van der Waals surface area contributed by atoms with Gasteiger partial charge in [-0.2, -0.15) is 5.10 Å². The monoisotopic (exact) mass is 282 g/mol. The quantitative estimate of drug-likeness (QED) is 0.783. The summed E-state index contributed by atoms with van der Waals surface area (Å²) in [6.07, 6.45) is 3.19. The van der Waals surface area contributed by atoms with Crippen LogP contribution in [0.2, 0.25) is 0 Å². The molecule has 0 aliphatic heterocycles. The normalized spacial score (nSPS) is 10.8. The van der Waals surface area contributed by atoms with Crippen LogP contribution in [0.15, 0.2) is 30.6 Å². The van der Waals surface area contributed by atoms with Crippen molar-refractivity contribution in [3.63, 3.8) is 0 Å². The molecule has 0 aliphatic carbocycles. The molecule has 0 fully saturated rings. The molecule has 0 spiro atoms. The number of aromatic nitrogens is 5. The van der Waals surface area contributed by atoms with E-state index in [4.69, 9.17) is 0 Å². The van der Waals surface area contributed by atoms with Gasteiger partial charge in [-0.05, 0) is 19.1 Å². The first-order valence-corrected chi connectivity index (χ1v) is 6.48. The largest absolute Gasteiger partial charge is 0.334 e. The van der Waals surface area contributed by atoms with Crippen LogP contribution in [0.25, 0.3) is 11.0 Å². The minimum atomic E-state index is -0.136. The van der Waals surface area contributed by atoms with Crippen LogP contribution in [0, 0.1) is 6.92 Å². The number of H-pyrrole nitrogens is 1. The van der Waals surface area contributed by atoms with Crippen LogP contribution in [0.3, 0.4) is 0 Å². The van der Waals surface area contributed by atoms with E-state index in [1.807, 2.05) is 13.0 Å². The Morgan fingerprint density at radius 2 is 2.10 bits per heavy atom. The summed E-state index contributed by atoms with van der Waals surface area (Å²) in [6, 6.07) is 5.38. The van der Waals surface area contributed by atoms with Crippen molar-refractivity contribution in [1.29, 1.82) is 0 Å². The second-order valence-electron chi connectivity index (χ2n) is 4.73. The summed E-state index contributed by atoms with van der Waals surface area (Å²) < 4.78 is 0. The van der Waals surface area contributed by atoms with Crippen LogP contribution in [0.4, 0.5) is 0 Å². The average Bonchev–Trinajstić information content (AvgIpc) is 2.91. The third-order valence-electron chi connectivity index (χ3n) is 3.10. The predicted molar refractivity (Wildman–Crippen MR) is 76.5 cm³/mol. The number of nitrogens with zero attached hydrogens (tertiary/aromatic N) is 5. The molecule has 1 amide bonds. The zero-order chi connectivity index (χ0) is 14.8. The molecule has 0 unspecified atom stereocenters. The third-order valence-corrected chi connectivity index (χ3v) is 3.10. The highest BCUT2D eigenvalue weighted by molar-refractivity contribution is 6.04. The first-order chi connectivity index (χ1) is 10.1. The van der Waals surface area contributed by atoms with Gasteiger partial charge in [0.2, 0.25) is 0 Å². The zero-order valence-electron chi connectivity index (χ0n) is 11.7. The number of nitrogens with one attached hydrogen (secondary N) is 1. The van der Waals surface area contributed by atoms with Gasteiger partial charge in [-0.3, -0.25) is 19.9 Å². The highest BCUT2D eigenvalue weighted by Crippen LogP contribution is 2.16. The Hall–Kier alpha value is -2.83. The van der Waals surface area contributed by atoms with E-state index >= 15 is 0 Å². The number of aromatic amines is 1. The molecule has 21 heavy (non-hydrogen) atoms. The summed E-state index contributed by atoms with van der Waals surface area (Å²) in [7, 11) is 1.71. The molecular weight excluding hydrogens is 268 g/mol. The molecule has 2 aromatic heterocycles. The maximum absolute atomic E-state index is 12.6. The molecule has 7 nitrogen and oxygen atoms in total. The SMILES string of the molecule is Cc1nc(CN(C)C(=O)c2cccc3nccnc23)n[nH]1. The summed E-state index contributed by atoms with van der Waals surface area (Å²) in [5.74, 6) is 1.17. The topological polar surface area (TPSA) is 87.7 Å². The number of carbonyl (C=O) groups excluding carboxylic acids is 1. The second kappa shape index (κ2) is 5.28. The first-order valence-electron chi connectivity index (χ1n) is 6.48. The number of para-hydroxylation sites is 1. The summed E-state index contributed by atoms with van der Waals surface area (Å²) >= 11 is 0. The number of benzene rings is 1. The minimum absolute atomic E-state index is 0.136. The van der Waals surface area contributed by atoms with Crippen LogP contribution in [-0.4, -0.2) is 43.0 Å². The van der Waals surface area contributed by atoms with Crippen molar-refractivity contribution in [3.05, 3.63) is 47.8 Å². The third kappa shape index (κ3) is 2.58. The standard InChI is InChI=1S/C14H14N6O/c1-9-17-12(19-18-9)8-20(2)14(21)10-4-3-5-11-13(10)16-7-6-15-11/h3-7H,8H2,1-2H3,(H,17,18,19). The van der Waals surface area contributed by atoms with Gasteiger partial charge in [-0.15, -0.1) is 0 Å². The summed E-state index contributed by atoms with van der Waals surface area (Å²) in [5, 5.41) is 6.80. The lowest BCUT2D eigenvalue weighted by Gasteiger charge is -2.15. The van der Waals surface area contributed by atoms with Gasteiger partial charge in [0.15, 0.2) is 5.82 Å². The van der Waals surface area contributed by atoms with E-state index in [1.54, 1.807) is 36.5 Å². The summed E-state index contributed by atoms with van der Waals surface area (Å²) in [5.41, 5.74) is 1.82. The molecule has 106 valence electrons. The highest BCUT2D eigenvalue weighted by atomic mass is 16.2. The average molecular weight is 282 g/mol. The molecule has 0 saturated heterocycles. The fourth-order valence-corrected chi connectivity index (χ4v) is 2.11. The minimum Gasteiger partial charge on any atom is -0.334 e. The molecule has 0 bridgehead atoms. The van der Waals surface area contributed by atoms with Crippen molar-refractivity contribution in [2.24, 2.45) is 0 Å². The number of aryl methyl sites for hydroxylation is 1. The lowest BCUT2D eigenvalue weighted by atomic mass is 10.1. The molecule has 1 aromatic carbocycles. The molecule has 1 N–H and O–H groups in total. The van der Waals surface area contributed by atoms with Crippen molar-refractivity contribution < 1.29 is 4.79 Å². The van der Waals surface area contributed by atoms with Gasteiger partial charge >= 0.3 is 0 Å². The number of hydrogen-bond donors (Lipinski definition) is 1. The van der Waals surface area contributed by atoms with E-state index in [2.05, 4.69) is 25.1 Å². The Morgan fingerprint density at radius 3 is 2.86 bits per heavy atom. The zero-order valence-corrected chi connectivity index (χ0v) is 11.7. The lowest BCUT2D eigenvalue weighted by molar-refractivity contribution is 0.0783.